The molecule has 12 aromatic rings. The Morgan fingerprint density at radius 3 is 1.91 bits per heavy atom. The zero-order valence-electron chi connectivity index (χ0n) is 29.7. The van der Waals surface area contributed by atoms with Crippen LogP contribution in [0.2, 0.25) is 0 Å². The monoisotopic (exact) mass is 777 g/mol. The minimum absolute atomic E-state index is 0.129. The molecule has 0 spiro atoms. The van der Waals surface area contributed by atoms with Crippen molar-refractivity contribution >= 4 is 105 Å². The quantitative estimate of drug-likeness (QED) is 0.130. The Bertz CT molecular complexity index is 3660. The van der Waals surface area contributed by atoms with Gasteiger partial charge in [-0.2, -0.15) is 0 Å². The molecule has 0 saturated heterocycles. The summed E-state index contributed by atoms with van der Waals surface area (Å²) in [7, 11) is 0. The Balaban J connectivity index is 1.10. The van der Waals surface area contributed by atoms with E-state index in [1.165, 1.54) is 68.6 Å². The molecule has 0 fully saturated rings. The van der Waals surface area contributed by atoms with Crippen LogP contribution in [0.3, 0.4) is 0 Å². The van der Waals surface area contributed by atoms with E-state index < -0.39 is 0 Å². The van der Waals surface area contributed by atoms with Gasteiger partial charge in [0.25, 0.3) is 0 Å². The van der Waals surface area contributed by atoms with E-state index in [-0.39, 0.29) is 14.5 Å². The SMILES string of the molecule is [C-]#[N+]c1ccc2c(c1)c1cc(C#N)ccc1n2-c1ccc2[se]c3cc(-n4c5ccccc5c5ccc6c(c7ccccc7n6-c6ccccc6)c54)ccc3c2c1. The summed E-state index contributed by atoms with van der Waals surface area (Å²) in [5.41, 5.74) is 11.4. The molecule has 0 radical (unpaired) electrons. The van der Waals surface area contributed by atoms with Crippen LogP contribution < -0.4 is 0 Å². The fourth-order valence-electron chi connectivity index (χ4n) is 9.09. The van der Waals surface area contributed by atoms with Crippen LogP contribution in [-0.4, -0.2) is 28.2 Å². The van der Waals surface area contributed by atoms with E-state index in [1.807, 2.05) is 36.4 Å². The predicted molar refractivity (Wildman–Crippen MR) is 232 cm³/mol. The first-order chi connectivity index (χ1) is 27.7. The second kappa shape index (κ2) is 11.6. The molecule has 56 heavy (non-hydrogen) atoms. The van der Waals surface area contributed by atoms with Crippen molar-refractivity contribution in [3.8, 4) is 23.1 Å². The molecule has 0 bridgehead atoms. The third kappa shape index (κ3) is 4.23. The second-order valence-corrected chi connectivity index (χ2v) is 16.6. The predicted octanol–water partition coefficient (Wildman–Crippen LogP) is 12.8. The molecule has 0 saturated carbocycles. The average Bonchev–Trinajstić information content (AvgIpc) is 3.99. The van der Waals surface area contributed by atoms with E-state index in [4.69, 9.17) is 6.57 Å². The van der Waals surface area contributed by atoms with Gasteiger partial charge in [0.1, 0.15) is 0 Å². The van der Waals surface area contributed by atoms with Gasteiger partial charge in [0.15, 0.2) is 0 Å². The minimum atomic E-state index is 0.129. The van der Waals surface area contributed by atoms with Crippen LogP contribution in [0.5, 0.6) is 0 Å². The van der Waals surface area contributed by atoms with Gasteiger partial charge in [-0.25, -0.2) is 0 Å². The van der Waals surface area contributed by atoms with Crippen molar-refractivity contribution in [2.75, 3.05) is 0 Å². The molecule has 0 atom stereocenters. The van der Waals surface area contributed by atoms with E-state index in [0.29, 0.717) is 11.3 Å². The summed E-state index contributed by atoms with van der Waals surface area (Å²) < 4.78 is 9.90. The van der Waals surface area contributed by atoms with Gasteiger partial charge in [0.2, 0.25) is 0 Å². The number of aromatic nitrogens is 3. The molecule has 12 rings (SSSR count). The van der Waals surface area contributed by atoms with Crippen molar-refractivity contribution in [3.05, 3.63) is 181 Å². The van der Waals surface area contributed by atoms with Crippen molar-refractivity contribution in [1.29, 1.82) is 5.26 Å². The molecule has 0 amide bonds. The molecule has 8 aromatic carbocycles. The molecule has 0 N–H and O–H groups in total. The summed E-state index contributed by atoms with van der Waals surface area (Å²) in [6.45, 7) is 7.64. The molecular weight excluding hydrogens is 750 g/mol. The van der Waals surface area contributed by atoms with E-state index in [9.17, 15) is 5.26 Å². The van der Waals surface area contributed by atoms with Crippen LogP contribution >= 0.6 is 0 Å². The van der Waals surface area contributed by atoms with Gasteiger partial charge in [0.05, 0.1) is 0 Å². The number of rotatable bonds is 3. The molecule has 5 nitrogen and oxygen atoms in total. The number of nitrogens with zero attached hydrogens (tertiary/aromatic N) is 5. The number of nitriles is 1. The van der Waals surface area contributed by atoms with Crippen LogP contribution in [0.15, 0.2) is 164 Å². The molecule has 4 heterocycles. The summed E-state index contributed by atoms with van der Waals surface area (Å²) in [5, 5.41) is 19.2. The van der Waals surface area contributed by atoms with Crippen molar-refractivity contribution in [1.82, 2.24) is 13.7 Å². The summed E-state index contributed by atoms with van der Waals surface area (Å²) in [4.78, 5) is 3.70. The Morgan fingerprint density at radius 2 is 1.09 bits per heavy atom. The van der Waals surface area contributed by atoms with E-state index in [2.05, 4.69) is 152 Å². The third-order valence-electron chi connectivity index (χ3n) is 11.4. The Labute approximate surface area is 326 Å². The van der Waals surface area contributed by atoms with Gasteiger partial charge < -0.3 is 0 Å². The van der Waals surface area contributed by atoms with Gasteiger partial charge in [-0.15, -0.1) is 0 Å². The molecular formula is C50H27N5Se. The van der Waals surface area contributed by atoms with Crippen LogP contribution in [-0.2, 0) is 0 Å². The number of benzene rings is 8. The molecule has 0 aliphatic rings. The Hall–Kier alpha value is -7.34. The number of fused-ring (bicyclic) bond motifs is 13. The van der Waals surface area contributed by atoms with Crippen molar-refractivity contribution in [2.45, 2.75) is 0 Å². The zero-order chi connectivity index (χ0) is 37.1. The number of para-hydroxylation sites is 3. The van der Waals surface area contributed by atoms with Gasteiger partial charge in [-0.3, -0.25) is 0 Å². The fourth-order valence-corrected chi connectivity index (χ4v) is 11.4. The molecule has 0 aliphatic heterocycles. The van der Waals surface area contributed by atoms with Gasteiger partial charge in [-0.1, -0.05) is 0 Å². The summed E-state index contributed by atoms with van der Waals surface area (Å²) >= 11 is 0.129. The van der Waals surface area contributed by atoms with Crippen LogP contribution in [0.1, 0.15) is 5.56 Å². The second-order valence-electron chi connectivity index (χ2n) is 14.4. The maximum atomic E-state index is 9.70. The van der Waals surface area contributed by atoms with Crippen LogP contribution in [0, 0.1) is 17.9 Å². The summed E-state index contributed by atoms with van der Waals surface area (Å²) in [6.07, 6.45) is 0. The Morgan fingerprint density at radius 1 is 0.446 bits per heavy atom. The maximum absolute atomic E-state index is 9.70. The zero-order valence-corrected chi connectivity index (χ0v) is 31.4. The van der Waals surface area contributed by atoms with Crippen LogP contribution in [0.4, 0.5) is 5.69 Å². The van der Waals surface area contributed by atoms with Crippen molar-refractivity contribution in [3.63, 3.8) is 0 Å². The average molecular weight is 777 g/mol. The van der Waals surface area contributed by atoms with Crippen molar-refractivity contribution < 1.29 is 0 Å². The van der Waals surface area contributed by atoms with E-state index >= 15 is 0 Å². The first kappa shape index (κ1) is 31.1. The summed E-state index contributed by atoms with van der Waals surface area (Å²) in [5.74, 6) is 0. The molecule has 0 aliphatic carbocycles. The third-order valence-corrected chi connectivity index (χ3v) is 13.8. The standard InChI is InChI=1S/C50H27N5Se/c1-52-31-16-22-45-40(26-31)39-25-30(29-51)15-21-44(39)54(45)33-18-24-47-41(27-33)36-19-17-34(28-48(36)56-47)55-42-13-7-5-11-35(42)37-20-23-46-49(50(37)55)38-12-6-8-14-43(38)53(46)32-9-3-2-4-10-32/h2-28H. The topological polar surface area (TPSA) is 42.9 Å². The fraction of sp³-hybridized carbons (Fsp3) is 0. The van der Waals surface area contributed by atoms with Gasteiger partial charge in [0, 0.05) is 0 Å². The Kier molecular flexibility index (Phi) is 6.42. The van der Waals surface area contributed by atoms with Gasteiger partial charge in [-0.05, 0) is 0 Å². The molecule has 6 heteroatoms. The van der Waals surface area contributed by atoms with Gasteiger partial charge >= 0.3 is 328 Å². The van der Waals surface area contributed by atoms with Crippen molar-refractivity contribution in [2.24, 2.45) is 0 Å². The number of hydrogen-bond acceptors (Lipinski definition) is 1. The molecule has 0 unspecified atom stereocenters. The van der Waals surface area contributed by atoms with E-state index in [0.717, 1.165) is 33.2 Å². The van der Waals surface area contributed by atoms with Crippen LogP contribution in [0.25, 0.3) is 107 Å². The molecule has 258 valence electrons. The molecule has 4 aromatic heterocycles. The normalized spacial score (nSPS) is 11.9. The first-order valence-corrected chi connectivity index (χ1v) is 20.2. The number of hydrogen-bond donors (Lipinski definition) is 0. The summed E-state index contributed by atoms with van der Waals surface area (Å²) in [6, 6.07) is 60.7. The van der Waals surface area contributed by atoms with E-state index in [1.54, 1.807) is 0 Å². The first-order valence-electron chi connectivity index (χ1n) is 18.5.